The first-order valence-electron chi connectivity index (χ1n) is 7.11. The first-order valence-corrected chi connectivity index (χ1v) is 8.81. The van der Waals surface area contributed by atoms with Crippen LogP contribution in [-0.2, 0) is 16.6 Å². The molecule has 0 saturated heterocycles. The van der Waals surface area contributed by atoms with E-state index in [4.69, 9.17) is 16.0 Å². The summed E-state index contributed by atoms with van der Waals surface area (Å²) in [7, 11) is 2.62. The van der Waals surface area contributed by atoms with Gasteiger partial charge in [0.15, 0.2) is 5.76 Å². The molecule has 2 rings (SSSR count). The monoisotopic (exact) mass is 354 g/mol. The average Bonchev–Trinajstić information content (AvgIpc) is 2.96. The number of likely N-dealkylation sites (N-methyl/N-ethyl adjacent to an activating group) is 1. The predicted octanol–water partition coefficient (Wildman–Crippen LogP) is 2.53. The zero-order chi connectivity index (χ0) is 16.8. The number of hydrogen-bond donors (Lipinski definition) is 1. The van der Waals surface area contributed by atoms with Crippen LogP contribution in [0.25, 0.3) is 0 Å². The number of furan rings is 1. The molecule has 1 aromatic carbocycles. The van der Waals surface area contributed by atoms with Crippen molar-refractivity contribution in [2.24, 2.45) is 0 Å². The van der Waals surface area contributed by atoms with Crippen LogP contribution in [0.1, 0.15) is 16.3 Å². The van der Waals surface area contributed by atoms with Crippen molar-refractivity contribution in [2.45, 2.75) is 10.6 Å². The number of carbonyl (C=O) groups excluding carboxylic acids is 1. The Morgan fingerprint density at radius 2 is 1.91 bits per heavy atom. The fourth-order valence-electron chi connectivity index (χ4n) is 1.86. The third-order valence-corrected chi connectivity index (χ3v) is 4.68. The van der Waals surface area contributed by atoms with Crippen LogP contribution >= 0.6 is 11.6 Å². The summed E-state index contributed by atoms with van der Waals surface area (Å²) < 4.78 is 17.7. The number of nitrogens with zero attached hydrogens (tertiary/aromatic N) is 1. The molecule has 0 radical (unpaired) electrons. The van der Waals surface area contributed by atoms with E-state index in [2.05, 4.69) is 5.32 Å². The van der Waals surface area contributed by atoms with E-state index < -0.39 is 10.8 Å². The lowest BCUT2D eigenvalue weighted by Gasteiger charge is -2.09. The smallest absolute Gasteiger partial charge is 0.287 e. The second-order valence-corrected chi connectivity index (χ2v) is 7.16. The number of benzene rings is 1. The fraction of sp³-hybridized carbons (Fsp3) is 0.312. The summed E-state index contributed by atoms with van der Waals surface area (Å²) in [6.45, 7) is 1.29. The van der Waals surface area contributed by atoms with E-state index in [1.165, 1.54) is 0 Å². The van der Waals surface area contributed by atoms with Crippen LogP contribution < -0.4 is 5.32 Å². The van der Waals surface area contributed by atoms with Gasteiger partial charge in [0.05, 0.1) is 16.6 Å². The Kier molecular flexibility index (Phi) is 6.38. The van der Waals surface area contributed by atoms with Crippen molar-refractivity contribution in [3.63, 3.8) is 0 Å². The van der Waals surface area contributed by atoms with Gasteiger partial charge in [0.1, 0.15) is 5.76 Å². The molecule has 1 heterocycles. The first-order chi connectivity index (χ1) is 11.0. The zero-order valence-electron chi connectivity index (χ0n) is 13.0. The quantitative estimate of drug-likeness (QED) is 0.830. The normalized spacial score (nSPS) is 12.3. The Bertz CT molecular complexity index is 683. The highest BCUT2D eigenvalue weighted by Crippen LogP contribution is 2.17. The van der Waals surface area contributed by atoms with Crippen molar-refractivity contribution in [2.75, 3.05) is 27.2 Å². The Morgan fingerprint density at radius 1 is 1.22 bits per heavy atom. The maximum atomic E-state index is 12.3. The van der Waals surface area contributed by atoms with E-state index in [1.54, 1.807) is 36.4 Å². The molecule has 1 atom stereocenters. The highest BCUT2D eigenvalue weighted by molar-refractivity contribution is 7.84. The second kappa shape index (κ2) is 8.29. The topological polar surface area (TPSA) is 62.6 Å². The summed E-state index contributed by atoms with van der Waals surface area (Å²) in [5.41, 5.74) is 0. The van der Waals surface area contributed by atoms with E-state index >= 15 is 0 Å². The fourth-order valence-corrected chi connectivity index (χ4v) is 3.00. The lowest BCUT2D eigenvalue weighted by molar-refractivity contribution is 0.0922. The molecule has 1 aromatic heterocycles. The van der Waals surface area contributed by atoms with Gasteiger partial charge in [-0.3, -0.25) is 9.00 Å². The summed E-state index contributed by atoms with van der Waals surface area (Å²) in [4.78, 5) is 14.6. The Morgan fingerprint density at radius 3 is 2.57 bits per heavy atom. The van der Waals surface area contributed by atoms with Gasteiger partial charge in [0.25, 0.3) is 5.91 Å². The molecule has 0 aliphatic heterocycles. The van der Waals surface area contributed by atoms with Crippen molar-refractivity contribution in [1.82, 2.24) is 10.2 Å². The molecule has 0 saturated carbocycles. The van der Waals surface area contributed by atoms with Crippen LogP contribution in [-0.4, -0.2) is 42.2 Å². The van der Waals surface area contributed by atoms with Crippen LogP contribution in [0.3, 0.4) is 0 Å². The van der Waals surface area contributed by atoms with Gasteiger partial charge in [0, 0.05) is 23.0 Å². The molecule has 7 heteroatoms. The van der Waals surface area contributed by atoms with E-state index in [9.17, 15) is 9.00 Å². The zero-order valence-corrected chi connectivity index (χ0v) is 14.6. The molecule has 23 heavy (non-hydrogen) atoms. The predicted molar refractivity (Wildman–Crippen MR) is 91.2 cm³/mol. The molecule has 5 nitrogen and oxygen atoms in total. The van der Waals surface area contributed by atoms with Gasteiger partial charge >= 0.3 is 0 Å². The van der Waals surface area contributed by atoms with E-state index in [1.807, 2.05) is 19.0 Å². The molecule has 0 unspecified atom stereocenters. The van der Waals surface area contributed by atoms with E-state index in [0.29, 0.717) is 22.2 Å². The lowest BCUT2D eigenvalue weighted by atomic mass is 10.4. The molecular weight excluding hydrogens is 336 g/mol. The molecule has 1 N–H and O–H groups in total. The standard InChI is InChI=1S/C16H19ClN2O3S/c1-19(2)10-9-18-16(20)15-8-5-13(22-15)11-23(21)14-6-3-12(17)4-7-14/h3-8H,9-11H2,1-2H3,(H,18,20)/t23-/m1/s1. The van der Waals surface area contributed by atoms with Crippen LogP contribution in [0.2, 0.25) is 5.02 Å². The molecule has 1 amide bonds. The van der Waals surface area contributed by atoms with E-state index in [-0.39, 0.29) is 17.4 Å². The van der Waals surface area contributed by atoms with Crippen molar-refractivity contribution < 1.29 is 13.4 Å². The van der Waals surface area contributed by atoms with Crippen LogP contribution in [0.4, 0.5) is 0 Å². The van der Waals surface area contributed by atoms with Crippen molar-refractivity contribution in [3.8, 4) is 0 Å². The number of rotatable bonds is 7. The summed E-state index contributed by atoms with van der Waals surface area (Å²) >= 11 is 5.81. The molecule has 0 aliphatic rings. The Balaban J connectivity index is 1.92. The Hall–Kier alpha value is -1.63. The lowest BCUT2D eigenvalue weighted by Crippen LogP contribution is -2.31. The molecular formula is C16H19ClN2O3S. The van der Waals surface area contributed by atoms with Crippen LogP contribution in [0, 0.1) is 0 Å². The number of carbonyl (C=O) groups is 1. The third-order valence-electron chi connectivity index (χ3n) is 3.08. The summed E-state index contributed by atoms with van der Waals surface area (Å²) in [6, 6.07) is 10.1. The summed E-state index contributed by atoms with van der Waals surface area (Å²) in [5, 5.41) is 3.37. The molecule has 0 aliphatic carbocycles. The SMILES string of the molecule is CN(C)CCNC(=O)c1ccc(C[S@@](=O)c2ccc(Cl)cc2)o1. The number of amides is 1. The van der Waals surface area contributed by atoms with Gasteiger partial charge < -0.3 is 14.6 Å². The van der Waals surface area contributed by atoms with Gasteiger partial charge in [0.2, 0.25) is 0 Å². The number of nitrogens with one attached hydrogen (secondary N) is 1. The van der Waals surface area contributed by atoms with Crippen molar-refractivity contribution in [1.29, 1.82) is 0 Å². The van der Waals surface area contributed by atoms with Crippen LogP contribution in [0.15, 0.2) is 45.7 Å². The summed E-state index contributed by atoms with van der Waals surface area (Å²) in [6.07, 6.45) is 0. The van der Waals surface area contributed by atoms with Crippen LogP contribution in [0.5, 0.6) is 0 Å². The van der Waals surface area contributed by atoms with Crippen molar-refractivity contribution in [3.05, 3.63) is 52.9 Å². The second-order valence-electron chi connectivity index (χ2n) is 5.27. The minimum absolute atomic E-state index is 0.215. The van der Waals surface area contributed by atoms with Gasteiger partial charge in [-0.2, -0.15) is 0 Å². The third kappa shape index (κ3) is 5.49. The number of hydrogen-bond acceptors (Lipinski definition) is 4. The van der Waals surface area contributed by atoms with Crippen molar-refractivity contribution >= 4 is 28.3 Å². The van der Waals surface area contributed by atoms with Gasteiger partial charge in [-0.25, -0.2) is 0 Å². The molecule has 0 spiro atoms. The maximum absolute atomic E-state index is 12.3. The first kappa shape index (κ1) is 17.7. The number of halogens is 1. The highest BCUT2D eigenvalue weighted by atomic mass is 35.5. The van der Waals surface area contributed by atoms with Gasteiger partial charge in [-0.15, -0.1) is 0 Å². The minimum atomic E-state index is -1.24. The maximum Gasteiger partial charge on any atom is 0.287 e. The molecule has 124 valence electrons. The summed E-state index contributed by atoms with van der Waals surface area (Å²) in [5.74, 6) is 0.686. The highest BCUT2D eigenvalue weighted by Gasteiger charge is 2.13. The molecule has 0 fully saturated rings. The average molecular weight is 355 g/mol. The van der Waals surface area contributed by atoms with E-state index in [0.717, 1.165) is 6.54 Å². The largest absolute Gasteiger partial charge is 0.455 e. The molecule has 2 aromatic rings. The molecule has 0 bridgehead atoms. The Labute approximate surface area is 143 Å². The van der Waals surface area contributed by atoms with Gasteiger partial charge in [-0.1, -0.05) is 11.6 Å². The minimum Gasteiger partial charge on any atom is -0.455 e. The van der Waals surface area contributed by atoms with Gasteiger partial charge in [-0.05, 0) is 50.5 Å².